The van der Waals surface area contributed by atoms with Gasteiger partial charge in [0.15, 0.2) is 6.17 Å². The van der Waals surface area contributed by atoms with Crippen LogP contribution in [0.25, 0.3) is 44.2 Å². The molecule has 204 valence electrons. The average molecular weight is 554 g/mol. The predicted octanol–water partition coefficient (Wildman–Crippen LogP) is 9.42. The molecule has 2 heterocycles. The standard InChI is InChI=1S/C39H27N3O/c1-3-12-26(13-4-1)37-40-38(27-14-5-2-6-15-27)42-39(41-37)31-19-10-17-29(25-31)28-16-9-18-30(24-28)32-21-11-23-35-36(32)33-20-7-8-22-34(33)43-35/h1-25,39H,(H,40,41,42). The van der Waals surface area contributed by atoms with Gasteiger partial charge >= 0.3 is 0 Å². The number of rotatable bonds is 5. The number of hydrogen-bond donors (Lipinski definition) is 1. The van der Waals surface area contributed by atoms with Crippen molar-refractivity contribution in [3.8, 4) is 22.3 Å². The molecule has 4 nitrogen and oxygen atoms in total. The van der Waals surface area contributed by atoms with Crippen molar-refractivity contribution in [1.82, 2.24) is 5.32 Å². The van der Waals surface area contributed by atoms with Crippen molar-refractivity contribution in [2.24, 2.45) is 9.98 Å². The number of benzene rings is 6. The molecule has 0 radical (unpaired) electrons. The molecule has 8 rings (SSSR count). The number of nitrogens with one attached hydrogen (secondary N) is 1. The summed E-state index contributed by atoms with van der Waals surface area (Å²) in [6.07, 6.45) is -0.374. The molecule has 1 aromatic heterocycles. The number of hydrogen-bond acceptors (Lipinski definition) is 4. The Labute approximate surface area is 249 Å². The second kappa shape index (κ2) is 10.6. The van der Waals surface area contributed by atoms with Crippen LogP contribution in [-0.4, -0.2) is 11.7 Å². The second-order valence-corrected chi connectivity index (χ2v) is 10.7. The van der Waals surface area contributed by atoms with Crippen LogP contribution in [-0.2, 0) is 0 Å². The topological polar surface area (TPSA) is 49.9 Å². The molecule has 1 aliphatic rings. The van der Waals surface area contributed by atoms with E-state index in [0.29, 0.717) is 0 Å². The van der Waals surface area contributed by atoms with Crippen molar-refractivity contribution >= 4 is 33.6 Å². The SMILES string of the molecule is c1ccc(C2=NC(c3cccc(-c4cccc(-c5cccc6oc7ccccc7c56)c4)c3)N=C(c3ccccc3)N2)cc1. The molecule has 1 aliphatic heterocycles. The molecule has 0 aliphatic carbocycles. The second-order valence-electron chi connectivity index (χ2n) is 10.7. The maximum absolute atomic E-state index is 6.16. The first-order valence-electron chi connectivity index (χ1n) is 14.4. The molecule has 0 unspecified atom stereocenters. The highest BCUT2D eigenvalue weighted by Crippen LogP contribution is 2.38. The van der Waals surface area contributed by atoms with Gasteiger partial charge in [-0.3, -0.25) is 0 Å². The zero-order valence-electron chi connectivity index (χ0n) is 23.3. The Hall–Kier alpha value is -5.74. The Morgan fingerprint density at radius 3 is 1.77 bits per heavy atom. The summed E-state index contributed by atoms with van der Waals surface area (Å²) in [5.74, 6) is 1.62. The third-order valence-electron chi connectivity index (χ3n) is 7.93. The fraction of sp³-hybridized carbons (Fsp3) is 0.0256. The van der Waals surface area contributed by atoms with E-state index in [1.54, 1.807) is 0 Å². The van der Waals surface area contributed by atoms with E-state index in [1.807, 2.05) is 54.6 Å². The van der Waals surface area contributed by atoms with Crippen LogP contribution in [0.2, 0.25) is 0 Å². The Morgan fingerprint density at radius 1 is 0.465 bits per heavy atom. The normalized spacial score (nSPS) is 13.5. The lowest BCUT2D eigenvalue weighted by Crippen LogP contribution is -2.35. The summed E-state index contributed by atoms with van der Waals surface area (Å²) in [7, 11) is 0. The number of aliphatic imine (C=N–C) groups is 2. The van der Waals surface area contributed by atoms with Crippen LogP contribution in [0.3, 0.4) is 0 Å². The predicted molar refractivity (Wildman–Crippen MR) is 176 cm³/mol. The molecule has 0 saturated heterocycles. The minimum absolute atomic E-state index is 0.374. The third kappa shape index (κ3) is 4.69. The maximum atomic E-state index is 6.16. The largest absolute Gasteiger partial charge is 0.456 e. The van der Waals surface area contributed by atoms with Crippen LogP contribution in [0.15, 0.2) is 166 Å². The quantitative estimate of drug-likeness (QED) is 0.231. The van der Waals surface area contributed by atoms with Crippen LogP contribution in [0.5, 0.6) is 0 Å². The van der Waals surface area contributed by atoms with Crippen molar-refractivity contribution in [2.45, 2.75) is 6.17 Å². The summed E-state index contributed by atoms with van der Waals surface area (Å²) in [5, 5.41) is 5.75. The number of amidine groups is 2. The lowest BCUT2D eigenvalue weighted by atomic mass is 9.95. The van der Waals surface area contributed by atoms with Crippen molar-refractivity contribution in [3.05, 3.63) is 168 Å². The summed E-state index contributed by atoms with van der Waals surface area (Å²) in [6, 6.07) is 52.2. The number of furan rings is 1. The van der Waals surface area contributed by atoms with Gasteiger partial charge in [-0.05, 0) is 52.1 Å². The first-order chi connectivity index (χ1) is 21.3. The lowest BCUT2D eigenvalue weighted by molar-refractivity contribution is 0.669. The average Bonchev–Trinajstić information content (AvgIpc) is 3.48. The first kappa shape index (κ1) is 25.0. The highest BCUT2D eigenvalue weighted by atomic mass is 16.3. The van der Waals surface area contributed by atoms with Crippen LogP contribution < -0.4 is 5.32 Å². The number of nitrogens with zero attached hydrogens (tertiary/aromatic N) is 2. The molecule has 0 bridgehead atoms. The van der Waals surface area contributed by atoms with E-state index < -0.39 is 0 Å². The Bertz CT molecular complexity index is 2100. The van der Waals surface area contributed by atoms with Crippen molar-refractivity contribution in [1.29, 1.82) is 0 Å². The minimum atomic E-state index is -0.374. The molecule has 1 N–H and O–H groups in total. The van der Waals surface area contributed by atoms with Gasteiger partial charge in [0.1, 0.15) is 22.8 Å². The van der Waals surface area contributed by atoms with Gasteiger partial charge < -0.3 is 9.73 Å². The van der Waals surface area contributed by atoms with Crippen molar-refractivity contribution in [2.75, 3.05) is 0 Å². The monoisotopic (exact) mass is 553 g/mol. The van der Waals surface area contributed by atoms with E-state index >= 15 is 0 Å². The zero-order chi connectivity index (χ0) is 28.6. The molecule has 0 spiro atoms. The Morgan fingerprint density at radius 2 is 1.02 bits per heavy atom. The fourth-order valence-electron chi connectivity index (χ4n) is 5.84. The summed E-state index contributed by atoms with van der Waals surface area (Å²) in [5.41, 5.74) is 9.46. The van der Waals surface area contributed by atoms with Gasteiger partial charge in [-0.15, -0.1) is 0 Å². The maximum Gasteiger partial charge on any atom is 0.169 e. The molecular weight excluding hydrogens is 526 g/mol. The van der Waals surface area contributed by atoms with Crippen LogP contribution in [0.4, 0.5) is 0 Å². The van der Waals surface area contributed by atoms with Crippen LogP contribution >= 0.6 is 0 Å². The summed E-state index contributed by atoms with van der Waals surface area (Å²) >= 11 is 0. The number of para-hydroxylation sites is 1. The summed E-state index contributed by atoms with van der Waals surface area (Å²) in [4.78, 5) is 10.1. The molecule has 6 aromatic carbocycles. The molecular formula is C39H27N3O. The summed E-state index contributed by atoms with van der Waals surface area (Å²) in [6.45, 7) is 0. The highest BCUT2D eigenvalue weighted by molar-refractivity contribution is 6.16. The molecule has 0 saturated carbocycles. The van der Waals surface area contributed by atoms with E-state index in [-0.39, 0.29) is 6.17 Å². The van der Waals surface area contributed by atoms with Crippen molar-refractivity contribution < 1.29 is 4.42 Å². The molecule has 0 amide bonds. The first-order valence-corrected chi connectivity index (χ1v) is 14.4. The Kier molecular flexibility index (Phi) is 6.16. The molecule has 0 atom stereocenters. The van der Waals surface area contributed by atoms with Crippen LogP contribution in [0.1, 0.15) is 22.9 Å². The van der Waals surface area contributed by atoms with Gasteiger partial charge in [0, 0.05) is 21.9 Å². The lowest BCUT2D eigenvalue weighted by Gasteiger charge is -2.22. The molecule has 43 heavy (non-hydrogen) atoms. The molecule has 4 heteroatoms. The molecule has 7 aromatic rings. The molecule has 0 fully saturated rings. The van der Waals surface area contributed by atoms with Gasteiger partial charge in [0.05, 0.1) is 0 Å². The van der Waals surface area contributed by atoms with Gasteiger partial charge in [-0.1, -0.05) is 127 Å². The van der Waals surface area contributed by atoms with E-state index in [4.69, 9.17) is 14.4 Å². The number of fused-ring (bicyclic) bond motifs is 3. The Balaban J connectivity index is 1.20. The van der Waals surface area contributed by atoms with Crippen LogP contribution in [0, 0.1) is 0 Å². The fourth-order valence-corrected chi connectivity index (χ4v) is 5.84. The zero-order valence-corrected chi connectivity index (χ0v) is 23.3. The van der Waals surface area contributed by atoms with Gasteiger partial charge in [0.2, 0.25) is 0 Å². The van der Waals surface area contributed by atoms with E-state index in [2.05, 4.69) is 102 Å². The highest BCUT2D eigenvalue weighted by Gasteiger charge is 2.21. The smallest absolute Gasteiger partial charge is 0.169 e. The van der Waals surface area contributed by atoms with E-state index in [1.165, 1.54) is 0 Å². The van der Waals surface area contributed by atoms with Crippen molar-refractivity contribution in [3.63, 3.8) is 0 Å². The van der Waals surface area contributed by atoms with E-state index in [0.717, 1.165) is 72.6 Å². The van der Waals surface area contributed by atoms with Gasteiger partial charge in [-0.2, -0.15) is 0 Å². The van der Waals surface area contributed by atoms with Gasteiger partial charge in [0.25, 0.3) is 0 Å². The third-order valence-corrected chi connectivity index (χ3v) is 7.93. The minimum Gasteiger partial charge on any atom is -0.456 e. The van der Waals surface area contributed by atoms with E-state index in [9.17, 15) is 0 Å². The summed E-state index contributed by atoms with van der Waals surface area (Å²) < 4.78 is 6.16. The van der Waals surface area contributed by atoms with Gasteiger partial charge in [-0.25, -0.2) is 9.98 Å².